The summed E-state index contributed by atoms with van der Waals surface area (Å²) in [4.78, 5) is 12.0. The maximum atomic E-state index is 12.0. The molecule has 1 heterocycles. The number of hydrogen-bond donors (Lipinski definition) is 2. The van der Waals surface area contributed by atoms with Crippen LogP contribution in [-0.2, 0) is 0 Å². The van der Waals surface area contributed by atoms with Crippen LogP contribution in [0, 0.1) is 5.41 Å². The van der Waals surface area contributed by atoms with Crippen LogP contribution in [0.2, 0.25) is 0 Å². The van der Waals surface area contributed by atoms with Crippen molar-refractivity contribution in [2.75, 3.05) is 0 Å². The summed E-state index contributed by atoms with van der Waals surface area (Å²) in [6.07, 6.45) is 14.1. The first-order valence-corrected chi connectivity index (χ1v) is 11.7. The Morgan fingerprint density at radius 3 is 2.41 bits per heavy atom. The molecule has 4 heteroatoms. The third kappa shape index (κ3) is 6.98. The van der Waals surface area contributed by atoms with Crippen molar-refractivity contribution in [2.45, 2.75) is 53.4 Å². The molecule has 4 nitrogen and oxygen atoms in total. The van der Waals surface area contributed by atoms with E-state index in [4.69, 9.17) is 4.42 Å². The number of aromatic hydroxyl groups is 2. The highest BCUT2D eigenvalue weighted by Crippen LogP contribution is 2.30. The zero-order valence-electron chi connectivity index (χ0n) is 20.5. The molecule has 3 aromatic rings. The molecule has 0 fully saturated rings. The molecule has 178 valence electrons. The number of fused-ring (bicyclic) bond motifs is 1. The van der Waals surface area contributed by atoms with E-state index in [1.807, 2.05) is 30.3 Å². The smallest absolute Gasteiger partial charge is 0.197 e. The zero-order valence-corrected chi connectivity index (χ0v) is 20.5. The molecule has 0 amide bonds. The predicted octanol–water partition coefficient (Wildman–Crippen LogP) is 7.91. The van der Waals surface area contributed by atoms with Gasteiger partial charge in [0.25, 0.3) is 0 Å². The highest BCUT2D eigenvalue weighted by molar-refractivity contribution is 5.85. The minimum atomic E-state index is -0.349. The monoisotopic (exact) mass is 458 g/mol. The largest absolute Gasteiger partial charge is 0.508 e. The molecule has 4 rings (SSSR count). The van der Waals surface area contributed by atoms with Gasteiger partial charge in [0.05, 0.1) is 0 Å². The summed E-state index contributed by atoms with van der Waals surface area (Å²) >= 11 is 0. The van der Waals surface area contributed by atoms with E-state index in [9.17, 15) is 15.0 Å². The molecule has 0 saturated carbocycles. The van der Waals surface area contributed by atoms with E-state index in [1.165, 1.54) is 36.1 Å². The average Bonchev–Trinajstić information content (AvgIpc) is 2.80. The van der Waals surface area contributed by atoms with Gasteiger partial charge in [-0.15, -0.1) is 0 Å². The van der Waals surface area contributed by atoms with Crippen molar-refractivity contribution in [2.24, 2.45) is 5.41 Å². The van der Waals surface area contributed by atoms with Crippen LogP contribution in [0.15, 0.2) is 93.2 Å². The molecule has 0 unspecified atom stereocenters. The Morgan fingerprint density at radius 2 is 1.68 bits per heavy atom. The first-order chi connectivity index (χ1) is 16.1. The number of hydrogen-bond acceptors (Lipinski definition) is 4. The molecule has 0 radical (unpaired) electrons. The van der Waals surface area contributed by atoms with E-state index in [0.717, 1.165) is 24.5 Å². The summed E-state index contributed by atoms with van der Waals surface area (Å²) in [5.41, 5.74) is 3.90. The second-order valence-electron chi connectivity index (χ2n) is 9.62. The van der Waals surface area contributed by atoms with Gasteiger partial charge in [0, 0.05) is 23.8 Å². The van der Waals surface area contributed by atoms with Crippen LogP contribution >= 0.6 is 0 Å². The Morgan fingerprint density at radius 1 is 0.941 bits per heavy atom. The average molecular weight is 459 g/mol. The van der Waals surface area contributed by atoms with Crippen LogP contribution in [0.4, 0.5) is 0 Å². The van der Waals surface area contributed by atoms with E-state index in [0.29, 0.717) is 11.2 Å². The molecular formula is C30H34O4. The Labute approximate surface area is 201 Å². The zero-order chi connectivity index (χ0) is 24.7. The van der Waals surface area contributed by atoms with E-state index in [1.54, 1.807) is 0 Å². The summed E-state index contributed by atoms with van der Waals surface area (Å²) in [7, 11) is 0. The second kappa shape index (κ2) is 11.1. The van der Waals surface area contributed by atoms with Gasteiger partial charge in [-0.25, -0.2) is 0 Å². The first kappa shape index (κ1) is 25.1. The lowest BCUT2D eigenvalue weighted by atomic mass is 9.87. The molecule has 2 N–H and O–H groups in total. The molecule has 34 heavy (non-hydrogen) atoms. The molecule has 2 aromatic carbocycles. The molecule has 0 atom stereocenters. The third-order valence-electron chi connectivity index (χ3n) is 5.87. The van der Waals surface area contributed by atoms with Gasteiger partial charge in [0.2, 0.25) is 0 Å². The Bertz CT molecular complexity index is 1270. The molecule has 1 aliphatic rings. The van der Waals surface area contributed by atoms with Gasteiger partial charge in [0.1, 0.15) is 28.2 Å². The van der Waals surface area contributed by atoms with Crippen LogP contribution < -0.4 is 5.43 Å². The lowest BCUT2D eigenvalue weighted by Gasteiger charge is -2.18. The van der Waals surface area contributed by atoms with Gasteiger partial charge in [0.15, 0.2) is 5.43 Å². The van der Waals surface area contributed by atoms with E-state index < -0.39 is 0 Å². The minimum Gasteiger partial charge on any atom is -0.508 e. The first-order valence-electron chi connectivity index (χ1n) is 11.7. The fourth-order valence-electron chi connectivity index (χ4n) is 3.80. The number of allylic oxidation sites excluding steroid dienone is 6. The van der Waals surface area contributed by atoms with Crippen molar-refractivity contribution in [1.82, 2.24) is 0 Å². The summed E-state index contributed by atoms with van der Waals surface area (Å²) in [6, 6.07) is 12.9. The molecule has 1 aliphatic carbocycles. The van der Waals surface area contributed by atoms with Crippen LogP contribution in [0.3, 0.4) is 0 Å². The summed E-state index contributed by atoms with van der Waals surface area (Å²) in [6.45, 7) is 9.10. The van der Waals surface area contributed by atoms with Crippen molar-refractivity contribution in [3.63, 3.8) is 0 Å². The van der Waals surface area contributed by atoms with E-state index >= 15 is 0 Å². The molecule has 0 spiro atoms. The second-order valence-corrected chi connectivity index (χ2v) is 9.62. The summed E-state index contributed by atoms with van der Waals surface area (Å²) in [5, 5.41) is 19.2. The molecule has 1 aromatic heterocycles. The Balaban J connectivity index is 0.000000197. The van der Waals surface area contributed by atoms with Gasteiger partial charge < -0.3 is 14.6 Å². The van der Waals surface area contributed by atoms with Crippen molar-refractivity contribution in [3.05, 3.63) is 94.2 Å². The minimum absolute atomic E-state index is 0.0671. The molecule has 0 saturated heterocycles. The normalized spacial score (nSPS) is 16.0. The molecule has 0 bridgehead atoms. The fraction of sp³-hybridized carbons (Fsp3) is 0.300. The van der Waals surface area contributed by atoms with Crippen molar-refractivity contribution < 1.29 is 14.6 Å². The quantitative estimate of drug-likeness (QED) is 0.364. The van der Waals surface area contributed by atoms with Gasteiger partial charge >= 0.3 is 0 Å². The van der Waals surface area contributed by atoms with Gasteiger partial charge in [-0.2, -0.15) is 0 Å². The fourth-order valence-corrected chi connectivity index (χ4v) is 3.80. The maximum absolute atomic E-state index is 12.0. The Hall–Kier alpha value is -3.53. The number of phenols is 2. The molecular weight excluding hydrogens is 424 g/mol. The van der Waals surface area contributed by atoms with Crippen molar-refractivity contribution in [3.8, 4) is 22.8 Å². The lowest BCUT2D eigenvalue weighted by molar-refractivity contribution is 0.452. The highest BCUT2D eigenvalue weighted by Gasteiger charge is 2.12. The SMILES string of the molecule is CC1=CCCC(C)=CCC(C)(C)C=CC1.O=c1cc(-c2ccccc2)oc2cc(O)cc(O)c12. The van der Waals surface area contributed by atoms with Gasteiger partial charge in [-0.1, -0.05) is 79.6 Å². The lowest BCUT2D eigenvalue weighted by Crippen LogP contribution is -2.05. The van der Waals surface area contributed by atoms with Crippen molar-refractivity contribution in [1.29, 1.82) is 0 Å². The van der Waals surface area contributed by atoms with E-state index in [2.05, 4.69) is 52.0 Å². The van der Waals surface area contributed by atoms with Crippen LogP contribution in [0.25, 0.3) is 22.3 Å². The predicted molar refractivity (Wildman–Crippen MR) is 140 cm³/mol. The van der Waals surface area contributed by atoms with Crippen LogP contribution in [0.1, 0.15) is 53.4 Å². The van der Waals surface area contributed by atoms with E-state index in [-0.39, 0.29) is 27.9 Å². The van der Waals surface area contributed by atoms with Gasteiger partial charge in [-0.05, 0) is 44.9 Å². The highest BCUT2D eigenvalue weighted by atomic mass is 16.3. The molecule has 0 aliphatic heterocycles. The third-order valence-corrected chi connectivity index (χ3v) is 5.87. The van der Waals surface area contributed by atoms with Crippen LogP contribution in [0.5, 0.6) is 11.5 Å². The standard InChI is InChI=1S/C15H10O4.C15H24/c16-10-6-11(17)15-12(18)8-13(19-14(15)7-10)9-4-2-1-3-5-9;1-13-7-5-8-14(2)10-12-15(3,4)11-6-9-13/h1-8,16-17H;6-7,10-11H,5,8-9,12H2,1-4H3. The number of rotatable bonds is 1. The topological polar surface area (TPSA) is 70.7 Å². The number of phenolic OH excluding ortho intramolecular Hbond substituents is 2. The van der Waals surface area contributed by atoms with Crippen molar-refractivity contribution >= 4 is 11.0 Å². The maximum Gasteiger partial charge on any atom is 0.197 e. The van der Waals surface area contributed by atoms with Gasteiger partial charge in [-0.3, -0.25) is 4.79 Å². The number of benzene rings is 2. The van der Waals surface area contributed by atoms with Crippen LogP contribution in [-0.4, -0.2) is 10.2 Å². The summed E-state index contributed by atoms with van der Waals surface area (Å²) in [5.74, 6) is -0.0511. The summed E-state index contributed by atoms with van der Waals surface area (Å²) < 4.78 is 5.57. The Kier molecular flexibility index (Phi) is 8.17.